The normalized spacial score (nSPS) is 10.3. The van der Waals surface area contributed by atoms with Crippen molar-refractivity contribution in [1.82, 2.24) is 0 Å². The van der Waals surface area contributed by atoms with Crippen LogP contribution in [0, 0.1) is 6.92 Å². The van der Waals surface area contributed by atoms with Gasteiger partial charge in [0.15, 0.2) is 0 Å². The molecule has 0 amide bonds. The number of aryl methyl sites for hydroxylation is 1. The van der Waals surface area contributed by atoms with Gasteiger partial charge < -0.3 is 10.5 Å². The number of hydrogen-bond donors (Lipinski definition) is 1. The van der Waals surface area contributed by atoms with Crippen LogP contribution in [0.5, 0.6) is 0 Å². The number of rotatable bonds is 2. The molecule has 14 heavy (non-hydrogen) atoms. The first-order chi connectivity index (χ1) is 6.50. The summed E-state index contributed by atoms with van der Waals surface area (Å²) in [4.78, 5) is 11.0. The van der Waals surface area contributed by atoms with Gasteiger partial charge in [0.05, 0.1) is 5.56 Å². The largest absolute Gasteiger partial charge is 0.399 e. The summed E-state index contributed by atoms with van der Waals surface area (Å²) in [5.41, 5.74) is 6.50. The monoisotopic (exact) mass is 201 g/mol. The Balaban J connectivity index is 2.90. The van der Waals surface area contributed by atoms with E-state index in [1.54, 1.807) is 6.92 Å². The molecule has 0 radical (unpaired) electrons. The predicted octanol–water partition coefficient (Wildman–Crippen LogP) is 1.96. The van der Waals surface area contributed by atoms with Gasteiger partial charge in [0.25, 0.3) is 0 Å². The van der Waals surface area contributed by atoms with Gasteiger partial charge in [0.2, 0.25) is 0 Å². The van der Waals surface area contributed by atoms with Crippen LogP contribution in [0.1, 0.15) is 15.9 Å². The maximum absolute atomic E-state index is 11.7. The lowest BCUT2D eigenvalue weighted by Gasteiger charge is -2.06. The van der Waals surface area contributed by atoms with Crippen LogP contribution < -0.4 is 5.73 Å². The first-order valence-corrected chi connectivity index (χ1v) is 3.86. The molecule has 5 heteroatoms. The van der Waals surface area contributed by atoms with E-state index in [0.717, 1.165) is 0 Å². The van der Waals surface area contributed by atoms with Crippen molar-refractivity contribution in [2.75, 3.05) is 5.73 Å². The number of carbonyl (C=O) groups is 1. The molecule has 0 aromatic heterocycles. The van der Waals surface area contributed by atoms with E-state index < -0.39 is 12.6 Å². The van der Waals surface area contributed by atoms with Gasteiger partial charge >= 0.3 is 12.6 Å². The van der Waals surface area contributed by atoms with Crippen molar-refractivity contribution in [2.45, 2.75) is 13.5 Å². The van der Waals surface area contributed by atoms with Crippen LogP contribution in [-0.4, -0.2) is 12.6 Å². The second kappa shape index (κ2) is 4.04. The van der Waals surface area contributed by atoms with Crippen molar-refractivity contribution in [2.24, 2.45) is 0 Å². The van der Waals surface area contributed by atoms with E-state index in [2.05, 4.69) is 4.74 Å². The van der Waals surface area contributed by atoms with E-state index in [9.17, 15) is 13.6 Å². The third-order valence-corrected chi connectivity index (χ3v) is 1.67. The third-order valence-electron chi connectivity index (χ3n) is 1.67. The number of alkyl halides is 2. The van der Waals surface area contributed by atoms with E-state index in [-0.39, 0.29) is 5.56 Å². The number of carbonyl (C=O) groups excluding carboxylic acids is 1. The lowest BCUT2D eigenvalue weighted by atomic mass is 10.1. The fourth-order valence-electron chi connectivity index (χ4n) is 1.06. The minimum absolute atomic E-state index is 0.0968. The van der Waals surface area contributed by atoms with Gasteiger partial charge in [-0.2, -0.15) is 8.78 Å². The quantitative estimate of drug-likeness (QED) is 0.587. The summed E-state index contributed by atoms with van der Waals surface area (Å²) in [6.07, 6.45) is 0. The van der Waals surface area contributed by atoms with Crippen LogP contribution in [0.15, 0.2) is 18.2 Å². The number of esters is 1. The van der Waals surface area contributed by atoms with E-state index in [4.69, 9.17) is 5.73 Å². The highest BCUT2D eigenvalue weighted by molar-refractivity contribution is 5.91. The molecule has 0 fully saturated rings. The molecule has 76 valence electrons. The Bertz CT molecular complexity index is 353. The maximum Gasteiger partial charge on any atom is 0.389 e. The van der Waals surface area contributed by atoms with Crippen LogP contribution >= 0.6 is 0 Å². The van der Waals surface area contributed by atoms with Gasteiger partial charge in [-0.25, -0.2) is 4.79 Å². The number of anilines is 1. The minimum atomic E-state index is -3.10. The Hall–Kier alpha value is -1.65. The molecule has 1 rings (SSSR count). The molecule has 0 bridgehead atoms. The Morgan fingerprint density at radius 3 is 2.64 bits per heavy atom. The standard InChI is InChI=1S/C9H9F2NO2/c1-5-4-6(12)2-3-7(5)8(13)14-9(10)11/h2-4,9H,12H2,1H3. The molecule has 0 unspecified atom stereocenters. The fraction of sp³-hybridized carbons (Fsp3) is 0.222. The van der Waals surface area contributed by atoms with E-state index >= 15 is 0 Å². The summed E-state index contributed by atoms with van der Waals surface area (Å²) in [6.45, 7) is -1.50. The van der Waals surface area contributed by atoms with Gasteiger partial charge in [-0.05, 0) is 30.7 Å². The Morgan fingerprint density at radius 2 is 2.14 bits per heavy atom. The highest BCUT2D eigenvalue weighted by atomic mass is 19.3. The van der Waals surface area contributed by atoms with Crippen LogP contribution in [0.2, 0.25) is 0 Å². The molecule has 0 aliphatic rings. The molecule has 0 spiro atoms. The molecule has 1 aromatic rings. The molecule has 2 N–H and O–H groups in total. The first kappa shape index (κ1) is 10.4. The first-order valence-electron chi connectivity index (χ1n) is 3.86. The van der Waals surface area contributed by atoms with Gasteiger partial charge in [-0.3, -0.25) is 0 Å². The highest BCUT2D eigenvalue weighted by Gasteiger charge is 2.15. The Labute approximate surface area is 79.5 Å². The van der Waals surface area contributed by atoms with E-state index in [0.29, 0.717) is 11.3 Å². The number of benzene rings is 1. The number of nitrogens with two attached hydrogens (primary N) is 1. The fourth-order valence-corrected chi connectivity index (χ4v) is 1.06. The molecule has 1 aromatic carbocycles. The molecule has 3 nitrogen and oxygen atoms in total. The summed E-state index contributed by atoms with van der Waals surface area (Å²) < 4.78 is 27.2. The molecule has 0 saturated carbocycles. The highest BCUT2D eigenvalue weighted by Crippen LogP contribution is 2.14. The average Bonchev–Trinajstić information content (AvgIpc) is 2.01. The van der Waals surface area contributed by atoms with E-state index in [1.807, 2.05) is 0 Å². The zero-order valence-corrected chi connectivity index (χ0v) is 7.46. The second-order valence-electron chi connectivity index (χ2n) is 2.74. The lowest BCUT2D eigenvalue weighted by Crippen LogP contribution is -2.11. The smallest absolute Gasteiger partial charge is 0.389 e. The van der Waals surface area contributed by atoms with Gasteiger partial charge in [-0.1, -0.05) is 0 Å². The van der Waals surface area contributed by atoms with Crippen molar-refractivity contribution in [1.29, 1.82) is 0 Å². The van der Waals surface area contributed by atoms with Gasteiger partial charge in [0.1, 0.15) is 0 Å². The third kappa shape index (κ3) is 2.42. The summed E-state index contributed by atoms with van der Waals surface area (Å²) in [6, 6.07) is 4.33. The molecule has 0 aliphatic heterocycles. The molecular weight excluding hydrogens is 192 g/mol. The molecule has 0 heterocycles. The van der Waals surface area contributed by atoms with Crippen LogP contribution in [0.4, 0.5) is 14.5 Å². The van der Waals surface area contributed by atoms with Gasteiger partial charge in [-0.15, -0.1) is 0 Å². The van der Waals surface area contributed by atoms with Gasteiger partial charge in [0, 0.05) is 5.69 Å². The molecular formula is C9H9F2NO2. The summed E-state index contributed by atoms with van der Waals surface area (Å²) in [5, 5.41) is 0. The summed E-state index contributed by atoms with van der Waals surface area (Å²) >= 11 is 0. The second-order valence-corrected chi connectivity index (χ2v) is 2.74. The van der Waals surface area contributed by atoms with Crippen molar-refractivity contribution in [3.63, 3.8) is 0 Å². The Morgan fingerprint density at radius 1 is 1.50 bits per heavy atom. The van der Waals surface area contributed by atoms with Crippen LogP contribution in [-0.2, 0) is 4.74 Å². The number of nitrogen functional groups attached to an aromatic ring is 1. The van der Waals surface area contributed by atoms with Crippen LogP contribution in [0.3, 0.4) is 0 Å². The number of hydrogen-bond acceptors (Lipinski definition) is 3. The summed E-state index contributed by atoms with van der Waals surface area (Å²) in [7, 11) is 0. The molecule has 0 saturated heterocycles. The molecule has 0 aliphatic carbocycles. The van der Waals surface area contributed by atoms with Crippen molar-refractivity contribution >= 4 is 11.7 Å². The Kier molecular flexibility index (Phi) is 3.01. The number of ether oxygens (including phenoxy) is 1. The van der Waals surface area contributed by atoms with Crippen molar-refractivity contribution < 1.29 is 18.3 Å². The minimum Gasteiger partial charge on any atom is -0.399 e. The number of halogens is 2. The van der Waals surface area contributed by atoms with E-state index in [1.165, 1.54) is 18.2 Å². The zero-order valence-electron chi connectivity index (χ0n) is 7.46. The average molecular weight is 201 g/mol. The zero-order chi connectivity index (χ0) is 10.7. The summed E-state index contributed by atoms with van der Waals surface area (Å²) in [5.74, 6) is -1.04. The lowest BCUT2D eigenvalue weighted by molar-refractivity contribution is -0.0906. The topological polar surface area (TPSA) is 52.3 Å². The molecule has 0 atom stereocenters. The van der Waals surface area contributed by atoms with Crippen molar-refractivity contribution in [3.05, 3.63) is 29.3 Å². The van der Waals surface area contributed by atoms with Crippen LogP contribution in [0.25, 0.3) is 0 Å². The predicted molar refractivity (Wildman–Crippen MR) is 47.0 cm³/mol. The van der Waals surface area contributed by atoms with Crippen molar-refractivity contribution in [3.8, 4) is 0 Å². The maximum atomic E-state index is 11.7. The SMILES string of the molecule is Cc1cc(N)ccc1C(=O)OC(F)F.